The number of nitrogens with zero attached hydrogens (tertiary/aromatic N) is 1. The van der Waals surface area contributed by atoms with Gasteiger partial charge in [-0.3, -0.25) is 0 Å². The van der Waals surface area contributed by atoms with Crippen LogP contribution in [0.3, 0.4) is 0 Å². The molecule has 204 valence electrons. The number of nitrogens with one attached hydrogen (secondary N) is 1. The normalized spacial score (nSPS) is 11.4. The lowest BCUT2D eigenvalue weighted by molar-refractivity contribution is 0.254. The van der Waals surface area contributed by atoms with Gasteiger partial charge in [-0.2, -0.15) is 0 Å². The van der Waals surface area contributed by atoms with E-state index in [-0.39, 0.29) is 0 Å². The van der Waals surface area contributed by atoms with Crippen LogP contribution in [0.1, 0.15) is 168 Å². The molecule has 0 atom stereocenters. The van der Waals surface area contributed by atoms with Gasteiger partial charge in [0.15, 0.2) is 0 Å². The SMILES string of the molecule is C=CNCCCCCCN(CCCCCCCCCCCC)CCCCCCCCCCCC. The van der Waals surface area contributed by atoms with E-state index in [1.165, 1.54) is 174 Å². The quantitative estimate of drug-likeness (QED) is 0.103. The summed E-state index contributed by atoms with van der Waals surface area (Å²) in [5.74, 6) is 0. The first kappa shape index (κ1) is 33.5. The maximum atomic E-state index is 3.73. The van der Waals surface area contributed by atoms with Crippen LogP contribution in [0.4, 0.5) is 0 Å². The Labute approximate surface area is 217 Å². The lowest BCUT2D eigenvalue weighted by Gasteiger charge is -2.22. The molecule has 0 heterocycles. The molecule has 0 rings (SSSR count). The van der Waals surface area contributed by atoms with Crippen LogP contribution in [-0.4, -0.2) is 31.1 Å². The molecule has 34 heavy (non-hydrogen) atoms. The van der Waals surface area contributed by atoms with E-state index >= 15 is 0 Å². The standard InChI is InChI=1S/C32H66N2/c1-4-7-9-11-13-15-17-19-22-26-30-34(32-28-24-21-25-29-33-6-3)31-27-23-20-18-16-14-12-10-8-5-2/h6,33H,3-5,7-32H2,1-2H3. The maximum absolute atomic E-state index is 3.73. The van der Waals surface area contributed by atoms with Crippen LogP contribution in [0, 0.1) is 0 Å². The van der Waals surface area contributed by atoms with E-state index in [1.807, 2.05) is 6.20 Å². The first-order valence-corrected chi connectivity index (χ1v) is 15.9. The molecule has 0 aromatic rings. The molecule has 1 N–H and O–H groups in total. The van der Waals surface area contributed by atoms with Gasteiger partial charge in [-0.25, -0.2) is 0 Å². The highest BCUT2D eigenvalue weighted by molar-refractivity contribution is 4.63. The zero-order chi connectivity index (χ0) is 24.8. The molecule has 0 aliphatic heterocycles. The largest absolute Gasteiger partial charge is 0.391 e. The topological polar surface area (TPSA) is 15.3 Å². The molecular weight excluding hydrogens is 412 g/mol. The Morgan fingerprint density at radius 3 is 1.06 bits per heavy atom. The van der Waals surface area contributed by atoms with Gasteiger partial charge in [0.2, 0.25) is 0 Å². The summed E-state index contributed by atoms with van der Waals surface area (Å²) in [6, 6.07) is 0. The van der Waals surface area contributed by atoms with Crippen LogP contribution in [0.5, 0.6) is 0 Å². The minimum atomic E-state index is 1.09. The Morgan fingerprint density at radius 1 is 0.441 bits per heavy atom. The summed E-state index contributed by atoms with van der Waals surface area (Å²) in [7, 11) is 0. The van der Waals surface area contributed by atoms with Crippen molar-refractivity contribution >= 4 is 0 Å². The third-order valence-corrected chi connectivity index (χ3v) is 7.35. The molecule has 0 fully saturated rings. The molecule has 0 unspecified atom stereocenters. The van der Waals surface area contributed by atoms with E-state index in [4.69, 9.17) is 0 Å². The van der Waals surface area contributed by atoms with Gasteiger partial charge in [-0.15, -0.1) is 0 Å². The van der Waals surface area contributed by atoms with Gasteiger partial charge >= 0.3 is 0 Å². The van der Waals surface area contributed by atoms with Crippen LogP contribution in [0.15, 0.2) is 12.8 Å². The number of hydrogen-bond acceptors (Lipinski definition) is 2. The molecule has 0 aromatic heterocycles. The summed E-state index contributed by atoms with van der Waals surface area (Å²) in [6.45, 7) is 13.4. The van der Waals surface area contributed by atoms with E-state index in [2.05, 4.69) is 30.6 Å². The van der Waals surface area contributed by atoms with Crippen LogP contribution in [0.2, 0.25) is 0 Å². The number of rotatable bonds is 30. The van der Waals surface area contributed by atoms with Crippen molar-refractivity contribution in [1.82, 2.24) is 10.2 Å². The van der Waals surface area contributed by atoms with E-state index < -0.39 is 0 Å². The molecule has 0 saturated heterocycles. The smallest absolute Gasteiger partial charge is 0.0141 e. The van der Waals surface area contributed by atoms with Crippen molar-refractivity contribution in [3.8, 4) is 0 Å². The zero-order valence-corrected chi connectivity index (χ0v) is 24.0. The van der Waals surface area contributed by atoms with Gasteiger partial charge in [0.25, 0.3) is 0 Å². The van der Waals surface area contributed by atoms with Crippen LogP contribution < -0.4 is 5.32 Å². The van der Waals surface area contributed by atoms with E-state index in [1.54, 1.807) is 0 Å². The molecule has 0 radical (unpaired) electrons. The Morgan fingerprint density at radius 2 is 0.735 bits per heavy atom. The monoisotopic (exact) mass is 479 g/mol. The third-order valence-electron chi connectivity index (χ3n) is 7.35. The Hall–Kier alpha value is -0.500. The molecule has 0 aromatic carbocycles. The van der Waals surface area contributed by atoms with Crippen LogP contribution >= 0.6 is 0 Å². The number of hydrogen-bond donors (Lipinski definition) is 1. The van der Waals surface area contributed by atoms with Crippen molar-refractivity contribution in [2.24, 2.45) is 0 Å². The summed E-state index contributed by atoms with van der Waals surface area (Å²) in [5.41, 5.74) is 0. The fourth-order valence-corrected chi connectivity index (χ4v) is 5.00. The van der Waals surface area contributed by atoms with Crippen LogP contribution in [-0.2, 0) is 0 Å². The first-order valence-electron chi connectivity index (χ1n) is 15.9. The van der Waals surface area contributed by atoms with Gasteiger partial charge < -0.3 is 10.2 Å². The molecule has 2 nitrogen and oxygen atoms in total. The highest BCUT2D eigenvalue weighted by atomic mass is 15.1. The summed E-state index contributed by atoms with van der Waals surface area (Å²) >= 11 is 0. The number of unbranched alkanes of at least 4 members (excludes halogenated alkanes) is 21. The molecule has 0 aliphatic carbocycles. The molecular formula is C32H66N2. The van der Waals surface area contributed by atoms with Gasteiger partial charge in [0, 0.05) is 6.54 Å². The van der Waals surface area contributed by atoms with E-state index in [9.17, 15) is 0 Å². The average molecular weight is 479 g/mol. The van der Waals surface area contributed by atoms with E-state index in [0.29, 0.717) is 0 Å². The lowest BCUT2D eigenvalue weighted by atomic mass is 10.1. The van der Waals surface area contributed by atoms with Crippen molar-refractivity contribution < 1.29 is 0 Å². The van der Waals surface area contributed by atoms with Gasteiger partial charge in [0.05, 0.1) is 0 Å². The molecule has 0 aliphatic rings. The minimum Gasteiger partial charge on any atom is -0.391 e. The van der Waals surface area contributed by atoms with Crippen LogP contribution in [0.25, 0.3) is 0 Å². The van der Waals surface area contributed by atoms with Gasteiger partial charge in [-0.05, 0) is 51.5 Å². The molecule has 0 saturated carbocycles. The van der Waals surface area contributed by atoms with Crippen molar-refractivity contribution in [3.05, 3.63) is 12.8 Å². The molecule has 0 bridgehead atoms. The summed E-state index contributed by atoms with van der Waals surface area (Å²) < 4.78 is 0. The van der Waals surface area contributed by atoms with Gasteiger partial charge in [0.1, 0.15) is 0 Å². The average Bonchev–Trinajstić information content (AvgIpc) is 2.85. The Bertz CT molecular complexity index is 344. The highest BCUT2D eigenvalue weighted by Crippen LogP contribution is 2.13. The summed E-state index contributed by atoms with van der Waals surface area (Å²) in [5, 5.41) is 3.22. The second-order valence-electron chi connectivity index (χ2n) is 10.8. The predicted octanol–water partition coefficient (Wildman–Crippen LogP) is 10.4. The Balaban J connectivity index is 3.83. The second kappa shape index (κ2) is 30.5. The first-order chi connectivity index (χ1) is 16.8. The van der Waals surface area contributed by atoms with Crippen molar-refractivity contribution in [2.75, 3.05) is 26.2 Å². The molecule has 0 amide bonds. The lowest BCUT2D eigenvalue weighted by Crippen LogP contribution is -2.27. The predicted molar refractivity (Wildman–Crippen MR) is 157 cm³/mol. The zero-order valence-electron chi connectivity index (χ0n) is 24.0. The Kier molecular flexibility index (Phi) is 30.1. The summed E-state index contributed by atoms with van der Waals surface area (Å²) in [4.78, 5) is 2.80. The maximum Gasteiger partial charge on any atom is 0.0141 e. The fourth-order valence-electron chi connectivity index (χ4n) is 5.00. The van der Waals surface area contributed by atoms with Crippen molar-refractivity contribution in [1.29, 1.82) is 0 Å². The van der Waals surface area contributed by atoms with Crippen molar-refractivity contribution in [2.45, 2.75) is 168 Å². The van der Waals surface area contributed by atoms with Crippen molar-refractivity contribution in [3.63, 3.8) is 0 Å². The fraction of sp³-hybridized carbons (Fsp3) is 0.938. The second-order valence-corrected chi connectivity index (χ2v) is 10.8. The highest BCUT2D eigenvalue weighted by Gasteiger charge is 2.05. The minimum absolute atomic E-state index is 1.09. The molecule has 0 spiro atoms. The summed E-state index contributed by atoms with van der Waals surface area (Å²) in [6.07, 6.45) is 36.0. The third kappa shape index (κ3) is 27.7. The van der Waals surface area contributed by atoms with E-state index in [0.717, 1.165) is 6.54 Å². The molecule has 2 heteroatoms. The van der Waals surface area contributed by atoms with Gasteiger partial charge in [-0.1, -0.05) is 149 Å².